The highest BCUT2D eigenvalue weighted by molar-refractivity contribution is 8.00. The van der Waals surface area contributed by atoms with Crippen molar-refractivity contribution in [3.05, 3.63) is 17.7 Å². The number of carbonyl (C=O) groups is 1. The van der Waals surface area contributed by atoms with Crippen molar-refractivity contribution in [3.8, 4) is 0 Å². The monoisotopic (exact) mass is 320 g/mol. The van der Waals surface area contributed by atoms with Gasteiger partial charge in [-0.1, -0.05) is 0 Å². The van der Waals surface area contributed by atoms with Crippen LogP contribution in [0.5, 0.6) is 0 Å². The molecular weight excluding hydrogens is 305 g/mol. The van der Waals surface area contributed by atoms with Gasteiger partial charge in [0.15, 0.2) is 0 Å². The smallest absolute Gasteiger partial charge is 0.335 e. The number of aromatic nitrogens is 2. The van der Waals surface area contributed by atoms with Gasteiger partial charge in [0.05, 0.1) is 6.54 Å². The Morgan fingerprint density at radius 2 is 2.24 bits per heavy atom. The lowest BCUT2D eigenvalue weighted by atomic mass is 10.3. The number of rotatable bonds is 1. The van der Waals surface area contributed by atoms with Gasteiger partial charge >= 0.3 is 6.18 Å². The molecule has 1 unspecified atom stereocenters. The first kappa shape index (κ1) is 14.7. The quantitative estimate of drug-likeness (QED) is 0.842. The minimum Gasteiger partial charge on any atom is -0.335 e. The molecule has 0 aliphatic carbocycles. The predicted molar refractivity (Wildman–Crippen MR) is 72.1 cm³/mol. The first-order valence-corrected chi connectivity index (χ1v) is 7.74. The van der Waals surface area contributed by atoms with Gasteiger partial charge in [-0.3, -0.25) is 4.79 Å². The molecule has 2 aliphatic rings. The molecule has 2 aliphatic heterocycles. The van der Waals surface area contributed by atoms with Crippen LogP contribution >= 0.6 is 11.8 Å². The molecule has 9 heteroatoms. The van der Waals surface area contributed by atoms with Crippen molar-refractivity contribution in [2.45, 2.75) is 24.5 Å². The van der Waals surface area contributed by atoms with Crippen LogP contribution in [0.25, 0.3) is 0 Å². The van der Waals surface area contributed by atoms with Gasteiger partial charge in [-0.25, -0.2) is 4.98 Å². The number of nitrogens with one attached hydrogen (secondary N) is 1. The summed E-state index contributed by atoms with van der Waals surface area (Å²) in [7, 11) is 0. The van der Waals surface area contributed by atoms with E-state index in [4.69, 9.17) is 0 Å². The lowest BCUT2D eigenvalue weighted by molar-refractivity contribution is -0.131. The van der Waals surface area contributed by atoms with Gasteiger partial charge in [-0.05, 0) is 0 Å². The third kappa shape index (κ3) is 3.03. The molecule has 1 aromatic heterocycles. The van der Waals surface area contributed by atoms with Gasteiger partial charge in [-0.15, -0.1) is 11.8 Å². The molecule has 0 spiro atoms. The molecule has 1 saturated heterocycles. The average molecular weight is 320 g/mol. The number of hydrogen-bond acceptors (Lipinski definition) is 4. The largest absolute Gasteiger partial charge is 0.402 e. The Bertz CT molecular complexity index is 522. The summed E-state index contributed by atoms with van der Waals surface area (Å²) in [5, 5.41) is 1.63. The first-order chi connectivity index (χ1) is 9.95. The minimum atomic E-state index is -4.28. The first-order valence-electron chi connectivity index (χ1n) is 6.69. The van der Waals surface area contributed by atoms with E-state index < -0.39 is 17.3 Å². The fourth-order valence-corrected chi connectivity index (χ4v) is 3.57. The molecule has 116 valence electrons. The molecule has 0 bridgehead atoms. The maximum atomic E-state index is 12.8. The molecule has 3 rings (SSSR count). The fraction of sp³-hybridized carbons (Fsp3) is 0.667. The predicted octanol–water partition coefficient (Wildman–Crippen LogP) is 1.11. The fourth-order valence-electron chi connectivity index (χ4n) is 2.49. The summed E-state index contributed by atoms with van der Waals surface area (Å²) in [5.74, 6) is 0.639. The lowest BCUT2D eigenvalue weighted by Crippen LogP contribution is -2.47. The molecule has 0 radical (unpaired) electrons. The topological polar surface area (TPSA) is 50.2 Å². The van der Waals surface area contributed by atoms with Gasteiger partial charge in [0.2, 0.25) is 0 Å². The Kier molecular flexibility index (Phi) is 3.87. The normalized spacial score (nSPS) is 23.0. The Labute approximate surface area is 123 Å². The zero-order valence-corrected chi connectivity index (χ0v) is 12.0. The molecule has 1 fully saturated rings. The van der Waals surface area contributed by atoms with Gasteiger partial charge in [0, 0.05) is 38.1 Å². The van der Waals surface area contributed by atoms with Crippen LogP contribution in [-0.4, -0.2) is 57.2 Å². The van der Waals surface area contributed by atoms with Crippen molar-refractivity contribution in [1.82, 2.24) is 19.8 Å². The Morgan fingerprint density at radius 3 is 2.95 bits per heavy atom. The molecule has 0 saturated carbocycles. The highest BCUT2D eigenvalue weighted by atomic mass is 32.2. The maximum Gasteiger partial charge on any atom is 0.402 e. The van der Waals surface area contributed by atoms with Crippen molar-refractivity contribution in [1.29, 1.82) is 0 Å². The van der Waals surface area contributed by atoms with Gasteiger partial charge < -0.3 is 14.8 Å². The summed E-state index contributed by atoms with van der Waals surface area (Å²) < 4.78 is 40.2. The number of amides is 1. The number of alkyl halides is 3. The lowest BCUT2D eigenvalue weighted by Gasteiger charge is -2.32. The van der Waals surface area contributed by atoms with E-state index in [0.717, 1.165) is 30.7 Å². The Morgan fingerprint density at radius 1 is 1.43 bits per heavy atom. The second-order valence-corrected chi connectivity index (χ2v) is 6.38. The van der Waals surface area contributed by atoms with Crippen molar-refractivity contribution in [2.24, 2.45) is 0 Å². The van der Waals surface area contributed by atoms with Crippen molar-refractivity contribution < 1.29 is 18.0 Å². The van der Waals surface area contributed by atoms with E-state index in [0.29, 0.717) is 18.8 Å². The molecule has 0 aromatic carbocycles. The van der Waals surface area contributed by atoms with Crippen molar-refractivity contribution in [2.75, 3.05) is 25.4 Å². The van der Waals surface area contributed by atoms with Crippen LogP contribution < -0.4 is 5.32 Å². The zero-order valence-electron chi connectivity index (χ0n) is 11.2. The second-order valence-electron chi connectivity index (χ2n) is 5.06. The Balaban J connectivity index is 1.74. The third-order valence-electron chi connectivity index (χ3n) is 3.61. The summed E-state index contributed by atoms with van der Waals surface area (Å²) in [6, 6.07) is 0. The number of thioether (sulfide) groups is 1. The molecule has 5 nitrogen and oxygen atoms in total. The van der Waals surface area contributed by atoms with E-state index in [1.54, 1.807) is 6.20 Å². The SMILES string of the molecule is O=C(c1cn2c(n1)CNCC2)N1CCSC(C(F)(F)F)C1. The molecule has 1 N–H and O–H groups in total. The van der Waals surface area contributed by atoms with Gasteiger partial charge in [0.1, 0.15) is 16.8 Å². The standard InChI is InChI=1S/C12H15F3N4OS/c13-12(14,15)9-7-19(3-4-21-9)11(20)8-6-18-2-1-16-5-10(18)17-8/h6,9,16H,1-5,7H2. The molecule has 1 atom stereocenters. The highest BCUT2D eigenvalue weighted by Gasteiger charge is 2.43. The zero-order chi connectivity index (χ0) is 15.0. The highest BCUT2D eigenvalue weighted by Crippen LogP contribution is 2.33. The van der Waals surface area contributed by atoms with Crippen molar-refractivity contribution >= 4 is 17.7 Å². The summed E-state index contributed by atoms with van der Waals surface area (Å²) in [4.78, 5) is 17.8. The van der Waals surface area contributed by atoms with Gasteiger partial charge in [0.25, 0.3) is 5.91 Å². The second kappa shape index (κ2) is 5.53. The van der Waals surface area contributed by atoms with E-state index >= 15 is 0 Å². The van der Waals surface area contributed by atoms with E-state index in [1.807, 2.05) is 4.57 Å². The van der Waals surface area contributed by atoms with E-state index in [1.165, 1.54) is 4.90 Å². The Hall–Kier alpha value is -1.22. The molecule has 1 amide bonds. The van der Waals surface area contributed by atoms with Crippen LogP contribution in [0.2, 0.25) is 0 Å². The number of nitrogens with zero attached hydrogens (tertiary/aromatic N) is 3. The maximum absolute atomic E-state index is 12.8. The molecular formula is C12H15F3N4OS. The number of halogens is 3. The van der Waals surface area contributed by atoms with Crippen LogP contribution in [0.3, 0.4) is 0 Å². The number of hydrogen-bond donors (Lipinski definition) is 1. The van der Waals surface area contributed by atoms with Crippen LogP contribution in [0.15, 0.2) is 6.20 Å². The average Bonchev–Trinajstić information content (AvgIpc) is 2.89. The number of fused-ring (bicyclic) bond motifs is 1. The van der Waals surface area contributed by atoms with Crippen LogP contribution in [0, 0.1) is 0 Å². The van der Waals surface area contributed by atoms with Crippen LogP contribution in [0.1, 0.15) is 16.3 Å². The summed E-state index contributed by atoms with van der Waals surface area (Å²) >= 11 is 0.859. The van der Waals surface area contributed by atoms with Crippen molar-refractivity contribution in [3.63, 3.8) is 0 Å². The summed E-state index contributed by atoms with van der Waals surface area (Å²) in [6.45, 7) is 2.13. The van der Waals surface area contributed by atoms with E-state index in [-0.39, 0.29) is 12.2 Å². The summed E-state index contributed by atoms with van der Waals surface area (Å²) in [6.07, 6.45) is -2.64. The van der Waals surface area contributed by atoms with Gasteiger partial charge in [-0.2, -0.15) is 13.2 Å². The summed E-state index contributed by atoms with van der Waals surface area (Å²) in [5.41, 5.74) is 0.238. The minimum absolute atomic E-state index is 0.238. The third-order valence-corrected chi connectivity index (χ3v) is 4.85. The number of carbonyl (C=O) groups excluding carboxylic acids is 1. The van der Waals surface area contributed by atoms with Crippen LogP contribution in [-0.2, 0) is 13.1 Å². The molecule has 1 aromatic rings. The van der Waals surface area contributed by atoms with E-state index in [2.05, 4.69) is 10.3 Å². The van der Waals surface area contributed by atoms with Crippen LogP contribution in [0.4, 0.5) is 13.2 Å². The molecule has 3 heterocycles. The molecule has 21 heavy (non-hydrogen) atoms. The van der Waals surface area contributed by atoms with E-state index in [9.17, 15) is 18.0 Å². The number of imidazole rings is 1.